The Hall–Kier alpha value is -2.44. The zero-order valence-corrected chi connectivity index (χ0v) is 9.82. The maximum atomic E-state index is 13.0. The molecule has 0 bridgehead atoms. The van der Waals surface area contributed by atoms with Crippen LogP contribution in [0.1, 0.15) is 5.56 Å². The van der Waals surface area contributed by atoms with Gasteiger partial charge < -0.3 is 0 Å². The van der Waals surface area contributed by atoms with Gasteiger partial charge in [-0.2, -0.15) is 13.2 Å². The molecule has 0 radical (unpaired) electrons. The van der Waals surface area contributed by atoms with Crippen molar-refractivity contribution in [3.63, 3.8) is 0 Å². The summed E-state index contributed by atoms with van der Waals surface area (Å²) in [5.41, 5.74) is -1.56. The Morgan fingerprint density at radius 1 is 1.05 bits per heavy atom. The highest BCUT2D eigenvalue weighted by Crippen LogP contribution is 2.35. The third-order valence-corrected chi connectivity index (χ3v) is 2.66. The first kappa shape index (κ1) is 14.0. The highest BCUT2D eigenvalue weighted by atomic mass is 19.4. The van der Waals surface area contributed by atoms with Crippen molar-refractivity contribution in [3.05, 3.63) is 64.0 Å². The van der Waals surface area contributed by atoms with Gasteiger partial charge in [-0.1, -0.05) is 12.1 Å². The summed E-state index contributed by atoms with van der Waals surface area (Å²) in [5, 5.41) is 10.8. The van der Waals surface area contributed by atoms with Crippen molar-refractivity contribution in [1.29, 1.82) is 0 Å². The van der Waals surface area contributed by atoms with E-state index in [1.54, 1.807) is 0 Å². The van der Waals surface area contributed by atoms with Crippen molar-refractivity contribution in [1.82, 2.24) is 0 Å². The number of hydrogen-bond acceptors (Lipinski definition) is 2. The molecule has 7 heteroatoms. The summed E-state index contributed by atoms with van der Waals surface area (Å²) in [7, 11) is 0. The Bertz CT molecular complexity index is 668. The Labute approximate surface area is 110 Å². The number of alkyl halides is 3. The molecule has 0 aliphatic rings. The van der Waals surface area contributed by atoms with Crippen molar-refractivity contribution in [2.45, 2.75) is 6.18 Å². The predicted octanol–water partition coefficient (Wildman–Crippen LogP) is 4.42. The Morgan fingerprint density at radius 2 is 1.75 bits per heavy atom. The quantitative estimate of drug-likeness (QED) is 0.465. The van der Waals surface area contributed by atoms with E-state index >= 15 is 0 Å². The molecule has 0 saturated carbocycles. The average Bonchev–Trinajstić information content (AvgIpc) is 2.37. The lowest BCUT2D eigenvalue weighted by molar-refractivity contribution is -0.384. The predicted molar refractivity (Wildman–Crippen MR) is 63.5 cm³/mol. The molecule has 20 heavy (non-hydrogen) atoms. The standard InChI is InChI=1S/C13H7F4NO2/c14-10-4-5-11(12(7-10)18(19)20)8-2-1-3-9(6-8)13(15,16)17/h1-7H. The monoisotopic (exact) mass is 285 g/mol. The van der Waals surface area contributed by atoms with Gasteiger partial charge in [-0.25, -0.2) is 4.39 Å². The summed E-state index contributed by atoms with van der Waals surface area (Å²) in [6.07, 6.45) is -4.55. The van der Waals surface area contributed by atoms with Crippen LogP contribution in [0.25, 0.3) is 11.1 Å². The number of hydrogen-bond donors (Lipinski definition) is 0. The molecular formula is C13H7F4NO2. The van der Waals surface area contributed by atoms with Crippen molar-refractivity contribution >= 4 is 5.69 Å². The summed E-state index contributed by atoms with van der Waals surface area (Å²) in [5.74, 6) is -0.826. The van der Waals surface area contributed by atoms with Gasteiger partial charge in [-0.3, -0.25) is 10.1 Å². The SMILES string of the molecule is O=[N+]([O-])c1cc(F)ccc1-c1cccc(C(F)(F)F)c1. The van der Waals surface area contributed by atoms with E-state index in [0.717, 1.165) is 30.3 Å². The molecule has 0 spiro atoms. The Morgan fingerprint density at radius 3 is 2.35 bits per heavy atom. The van der Waals surface area contributed by atoms with Crippen molar-refractivity contribution in [2.75, 3.05) is 0 Å². The minimum Gasteiger partial charge on any atom is -0.258 e. The van der Waals surface area contributed by atoms with Crippen LogP contribution in [0.5, 0.6) is 0 Å². The molecule has 2 aromatic rings. The van der Waals surface area contributed by atoms with E-state index in [-0.39, 0.29) is 11.1 Å². The zero-order valence-electron chi connectivity index (χ0n) is 9.82. The van der Waals surface area contributed by atoms with Crippen LogP contribution in [-0.4, -0.2) is 4.92 Å². The fourth-order valence-corrected chi connectivity index (χ4v) is 1.76. The number of rotatable bonds is 2. The molecule has 0 heterocycles. The van der Waals surface area contributed by atoms with E-state index < -0.39 is 28.2 Å². The second kappa shape index (κ2) is 4.92. The van der Waals surface area contributed by atoms with Gasteiger partial charge in [0.05, 0.1) is 22.1 Å². The van der Waals surface area contributed by atoms with E-state index in [1.807, 2.05) is 0 Å². The summed E-state index contributed by atoms with van der Waals surface area (Å²) in [6.45, 7) is 0. The summed E-state index contributed by atoms with van der Waals surface area (Å²) in [4.78, 5) is 10.0. The van der Waals surface area contributed by atoms with Crippen LogP contribution in [0.15, 0.2) is 42.5 Å². The molecule has 0 unspecified atom stereocenters. The van der Waals surface area contributed by atoms with E-state index in [0.29, 0.717) is 6.07 Å². The fourth-order valence-electron chi connectivity index (χ4n) is 1.76. The van der Waals surface area contributed by atoms with Gasteiger partial charge in [0.2, 0.25) is 0 Å². The molecule has 0 saturated heterocycles. The van der Waals surface area contributed by atoms with Gasteiger partial charge in [0, 0.05) is 0 Å². The van der Waals surface area contributed by atoms with Crippen molar-refractivity contribution in [3.8, 4) is 11.1 Å². The number of benzene rings is 2. The van der Waals surface area contributed by atoms with Crippen LogP contribution in [-0.2, 0) is 6.18 Å². The highest BCUT2D eigenvalue weighted by Gasteiger charge is 2.31. The van der Waals surface area contributed by atoms with Crippen molar-refractivity contribution < 1.29 is 22.5 Å². The first-order valence-corrected chi connectivity index (χ1v) is 5.40. The van der Waals surface area contributed by atoms with Gasteiger partial charge in [-0.15, -0.1) is 0 Å². The highest BCUT2D eigenvalue weighted by molar-refractivity contribution is 5.74. The van der Waals surface area contributed by atoms with Gasteiger partial charge in [0.15, 0.2) is 0 Å². The lowest BCUT2D eigenvalue weighted by Crippen LogP contribution is -2.04. The third-order valence-electron chi connectivity index (χ3n) is 2.66. The smallest absolute Gasteiger partial charge is 0.258 e. The van der Waals surface area contributed by atoms with Gasteiger partial charge in [-0.05, 0) is 29.8 Å². The lowest BCUT2D eigenvalue weighted by Gasteiger charge is -2.09. The third kappa shape index (κ3) is 2.76. The first-order chi connectivity index (χ1) is 9.29. The number of halogens is 4. The maximum Gasteiger partial charge on any atom is 0.416 e. The molecule has 2 aromatic carbocycles. The van der Waals surface area contributed by atoms with Crippen LogP contribution in [0, 0.1) is 15.9 Å². The Kier molecular flexibility index (Phi) is 3.44. The normalized spacial score (nSPS) is 11.4. The molecule has 104 valence electrons. The van der Waals surface area contributed by atoms with Crippen LogP contribution in [0.3, 0.4) is 0 Å². The maximum absolute atomic E-state index is 13.0. The summed E-state index contributed by atoms with van der Waals surface area (Å²) >= 11 is 0. The molecule has 3 nitrogen and oxygen atoms in total. The molecule has 2 rings (SSSR count). The molecule has 0 aromatic heterocycles. The second-order valence-electron chi connectivity index (χ2n) is 4.00. The molecule has 0 fully saturated rings. The van der Waals surface area contributed by atoms with Gasteiger partial charge in [0.1, 0.15) is 5.82 Å². The number of nitro groups is 1. The van der Waals surface area contributed by atoms with Gasteiger partial charge in [0.25, 0.3) is 5.69 Å². The van der Waals surface area contributed by atoms with E-state index in [4.69, 9.17) is 0 Å². The van der Waals surface area contributed by atoms with Crippen LogP contribution >= 0.6 is 0 Å². The molecule has 0 N–H and O–H groups in total. The molecule has 0 atom stereocenters. The first-order valence-electron chi connectivity index (χ1n) is 5.40. The molecular weight excluding hydrogens is 278 g/mol. The minimum atomic E-state index is -4.55. The zero-order chi connectivity index (χ0) is 14.9. The number of nitrogens with zero attached hydrogens (tertiary/aromatic N) is 1. The fraction of sp³-hybridized carbons (Fsp3) is 0.0769. The van der Waals surface area contributed by atoms with E-state index in [9.17, 15) is 27.7 Å². The Balaban J connectivity index is 2.60. The minimum absolute atomic E-state index is 0.00604. The largest absolute Gasteiger partial charge is 0.416 e. The lowest BCUT2D eigenvalue weighted by atomic mass is 10.0. The van der Waals surface area contributed by atoms with Crippen LogP contribution in [0.2, 0.25) is 0 Å². The summed E-state index contributed by atoms with van der Waals surface area (Å²) < 4.78 is 50.8. The van der Waals surface area contributed by atoms with E-state index in [1.165, 1.54) is 6.07 Å². The second-order valence-corrected chi connectivity index (χ2v) is 4.00. The van der Waals surface area contributed by atoms with Crippen molar-refractivity contribution in [2.24, 2.45) is 0 Å². The average molecular weight is 285 g/mol. The molecule has 0 amide bonds. The van der Waals surface area contributed by atoms with E-state index in [2.05, 4.69) is 0 Å². The van der Waals surface area contributed by atoms with Crippen LogP contribution < -0.4 is 0 Å². The molecule has 0 aliphatic carbocycles. The van der Waals surface area contributed by atoms with Crippen LogP contribution in [0.4, 0.5) is 23.2 Å². The molecule has 0 aliphatic heterocycles. The van der Waals surface area contributed by atoms with Gasteiger partial charge >= 0.3 is 6.18 Å². The number of nitro benzene ring substituents is 1. The summed E-state index contributed by atoms with van der Waals surface area (Å²) in [6, 6.07) is 6.82. The topological polar surface area (TPSA) is 43.1 Å².